The summed E-state index contributed by atoms with van der Waals surface area (Å²) in [5.41, 5.74) is 1.23. The molecule has 0 saturated carbocycles. The minimum Gasteiger partial charge on any atom is -0.492 e. The Morgan fingerprint density at radius 2 is 2.00 bits per heavy atom. The second-order valence-electron chi connectivity index (χ2n) is 4.61. The maximum Gasteiger partial charge on any atom is 0.404 e. The van der Waals surface area contributed by atoms with E-state index in [4.69, 9.17) is 9.84 Å². The van der Waals surface area contributed by atoms with Gasteiger partial charge >= 0.3 is 6.09 Å². The van der Waals surface area contributed by atoms with E-state index >= 15 is 0 Å². The zero-order chi connectivity index (χ0) is 16.5. The van der Waals surface area contributed by atoms with Crippen LogP contribution in [0.3, 0.4) is 0 Å². The molecule has 23 heavy (non-hydrogen) atoms. The first kappa shape index (κ1) is 16.3. The van der Waals surface area contributed by atoms with Crippen molar-refractivity contribution in [3.8, 4) is 5.75 Å². The van der Waals surface area contributed by atoms with E-state index in [1.54, 1.807) is 30.5 Å². The quantitative estimate of drug-likeness (QED) is 0.675. The van der Waals surface area contributed by atoms with Crippen molar-refractivity contribution in [3.63, 3.8) is 0 Å². The van der Waals surface area contributed by atoms with Gasteiger partial charge < -0.3 is 20.5 Å². The van der Waals surface area contributed by atoms with Crippen LogP contribution < -0.4 is 15.4 Å². The van der Waals surface area contributed by atoms with Gasteiger partial charge in [0.25, 0.3) is 5.91 Å². The van der Waals surface area contributed by atoms with Crippen LogP contribution in [0.2, 0.25) is 0 Å². The van der Waals surface area contributed by atoms with Crippen molar-refractivity contribution in [2.75, 3.05) is 13.2 Å². The Morgan fingerprint density at radius 1 is 1.13 bits per heavy atom. The lowest BCUT2D eigenvalue weighted by molar-refractivity contribution is 0.0950. The molecule has 0 aliphatic rings. The first-order valence-corrected chi connectivity index (χ1v) is 7.03. The molecule has 2 aromatic rings. The molecule has 0 bridgehead atoms. The SMILES string of the molecule is O=C(O)NCCOc1cccc(C(=O)NCc2ccccn2)c1. The maximum absolute atomic E-state index is 12.1. The summed E-state index contributed by atoms with van der Waals surface area (Å²) < 4.78 is 5.39. The fourth-order valence-corrected chi connectivity index (χ4v) is 1.83. The zero-order valence-corrected chi connectivity index (χ0v) is 12.4. The van der Waals surface area contributed by atoms with Crippen LogP contribution in [0.15, 0.2) is 48.7 Å². The van der Waals surface area contributed by atoms with Crippen LogP contribution in [0.25, 0.3) is 0 Å². The highest BCUT2D eigenvalue weighted by Crippen LogP contribution is 2.13. The van der Waals surface area contributed by atoms with Crippen LogP contribution in [0.5, 0.6) is 5.75 Å². The highest BCUT2D eigenvalue weighted by Gasteiger charge is 2.07. The Morgan fingerprint density at radius 3 is 2.74 bits per heavy atom. The third-order valence-corrected chi connectivity index (χ3v) is 2.90. The van der Waals surface area contributed by atoms with Gasteiger partial charge in [-0.25, -0.2) is 4.79 Å². The molecular weight excluding hydrogens is 298 g/mol. The van der Waals surface area contributed by atoms with Crippen LogP contribution in [0, 0.1) is 0 Å². The van der Waals surface area contributed by atoms with E-state index in [0.717, 1.165) is 5.69 Å². The molecule has 0 atom stereocenters. The van der Waals surface area contributed by atoms with Crippen molar-refractivity contribution in [2.45, 2.75) is 6.54 Å². The van der Waals surface area contributed by atoms with Gasteiger partial charge in [0, 0.05) is 11.8 Å². The zero-order valence-electron chi connectivity index (χ0n) is 12.4. The van der Waals surface area contributed by atoms with Crippen molar-refractivity contribution in [3.05, 3.63) is 59.9 Å². The number of rotatable bonds is 7. The molecule has 0 aliphatic carbocycles. The number of carbonyl (C=O) groups excluding carboxylic acids is 1. The molecule has 0 fully saturated rings. The number of hydrogen-bond donors (Lipinski definition) is 3. The largest absolute Gasteiger partial charge is 0.492 e. The van der Waals surface area contributed by atoms with E-state index < -0.39 is 6.09 Å². The molecule has 1 heterocycles. The molecule has 7 nitrogen and oxygen atoms in total. The highest BCUT2D eigenvalue weighted by molar-refractivity contribution is 5.94. The molecule has 0 saturated heterocycles. The fourth-order valence-electron chi connectivity index (χ4n) is 1.83. The Balaban J connectivity index is 1.85. The monoisotopic (exact) mass is 315 g/mol. The van der Waals surface area contributed by atoms with Gasteiger partial charge in [-0.05, 0) is 30.3 Å². The summed E-state index contributed by atoms with van der Waals surface area (Å²) in [4.78, 5) is 26.6. The minimum atomic E-state index is -1.10. The topological polar surface area (TPSA) is 101 Å². The molecule has 2 amide bonds. The Kier molecular flexibility index (Phi) is 5.93. The van der Waals surface area contributed by atoms with Crippen LogP contribution in [-0.4, -0.2) is 35.2 Å². The molecular formula is C16H17N3O4. The Hall–Kier alpha value is -3.09. The van der Waals surface area contributed by atoms with E-state index in [1.807, 2.05) is 18.2 Å². The standard InChI is InChI=1S/C16H17N3O4/c20-15(19-11-13-5-1-2-7-17-13)12-4-3-6-14(10-12)23-9-8-18-16(21)22/h1-7,10,18H,8-9,11H2,(H,19,20)(H,21,22). The van der Waals surface area contributed by atoms with E-state index in [2.05, 4.69) is 15.6 Å². The van der Waals surface area contributed by atoms with Crippen molar-refractivity contribution >= 4 is 12.0 Å². The Labute approximate surface area is 133 Å². The summed E-state index contributed by atoms with van der Waals surface area (Å²) in [7, 11) is 0. The first-order chi connectivity index (χ1) is 11.1. The molecule has 2 rings (SSSR count). The van der Waals surface area contributed by atoms with Gasteiger partial charge in [0.15, 0.2) is 0 Å². The number of carboxylic acid groups (broad SMARTS) is 1. The minimum absolute atomic E-state index is 0.172. The number of nitrogens with zero attached hydrogens (tertiary/aromatic N) is 1. The number of benzene rings is 1. The predicted octanol–water partition coefficient (Wildman–Crippen LogP) is 1.66. The number of aromatic nitrogens is 1. The summed E-state index contributed by atoms with van der Waals surface area (Å²) >= 11 is 0. The van der Waals surface area contributed by atoms with Crippen molar-refractivity contribution < 1.29 is 19.4 Å². The molecule has 1 aromatic carbocycles. The highest BCUT2D eigenvalue weighted by atomic mass is 16.5. The first-order valence-electron chi connectivity index (χ1n) is 7.03. The van der Waals surface area contributed by atoms with Gasteiger partial charge in [-0.1, -0.05) is 12.1 Å². The van der Waals surface area contributed by atoms with Crippen molar-refractivity contribution in [2.24, 2.45) is 0 Å². The van der Waals surface area contributed by atoms with Gasteiger partial charge in [-0.15, -0.1) is 0 Å². The lowest BCUT2D eigenvalue weighted by Crippen LogP contribution is -2.26. The second kappa shape index (κ2) is 8.38. The van der Waals surface area contributed by atoms with Gasteiger partial charge in [-0.2, -0.15) is 0 Å². The molecule has 0 aliphatic heterocycles. The number of ether oxygens (including phenoxy) is 1. The average Bonchev–Trinajstić information content (AvgIpc) is 2.57. The average molecular weight is 315 g/mol. The number of hydrogen-bond acceptors (Lipinski definition) is 4. The summed E-state index contributed by atoms with van der Waals surface area (Å²) in [5, 5.41) is 13.4. The summed E-state index contributed by atoms with van der Waals surface area (Å²) in [6.45, 7) is 0.698. The van der Waals surface area contributed by atoms with Crippen LogP contribution in [-0.2, 0) is 6.54 Å². The molecule has 120 valence electrons. The van der Waals surface area contributed by atoms with Gasteiger partial charge in [0.2, 0.25) is 0 Å². The van der Waals surface area contributed by atoms with Crippen molar-refractivity contribution in [1.82, 2.24) is 15.6 Å². The lowest BCUT2D eigenvalue weighted by Gasteiger charge is -2.08. The smallest absolute Gasteiger partial charge is 0.404 e. The summed E-state index contributed by atoms with van der Waals surface area (Å²) in [6.07, 6.45) is 0.567. The number of amides is 2. The maximum atomic E-state index is 12.1. The lowest BCUT2D eigenvalue weighted by atomic mass is 10.2. The number of nitrogens with one attached hydrogen (secondary N) is 2. The molecule has 0 spiro atoms. The molecule has 1 aromatic heterocycles. The molecule has 0 unspecified atom stereocenters. The summed E-state index contributed by atoms with van der Waals surface area (Å²) in [6, 6.07) is 12.2. The summed E-state index contributed by atoms with van der Waals surface area (Å²) in [5.74, 6) is 0.271. The van der Waals surface area contributed by atoms with Gasteiger partial charge in [0.1, 0.15) is 12.4 Å². The number of pyridine rings is 1. The predicted molar refractivity (Wildman–Crippen MR) is 83.4 cm³/mol. The fraction of sp³-hybridized carbons (Fsp3) is 0.188. The number of carbonyl (C=O) groups is 2. The van der Waals surface area contributed by atoms with E-state index in [-0.39, 0.29) is 19.1 Å². The van der Waals surface area contributed by atoms with Gasteiger partial charge in [0.05, 0.1) is 18.8 Å². The normalized spacial score (nSPS) is 9.91. The van der Waals surface area contributed by atoms with E-state index in [1.165, 1.54) is 0 Å². The van der Waals surface area contributed by atoms with Crippen LogP contribution in [0.1, 0.15) is 16.1 Å². The van der Waals surface area contributed by atoms with E-state index in [0.29, 0.717) is 17.9 Å². The van der Waals surface area contributed by atoms with Crippen LogP contribution in [0.4, 0.5) is 4.79 Å². The third kappa shape index (κ3) is 5.66. The van der Waals surface area contributed by atoms with E-state index in [9.17, 15) is 9.59 Å². The van der Waals surface area contributed by atoms with Gasteiger partial charge in [-0.3, -0.25) is 9.78 Å². The molecule has 3 N–H and O–H groups in total. The Bertz CT molecular complexity index is 661. The molecule has 0 radical (unpaired) electrons. The third-order valence-electron chi connectivity index (χ3n) is 2.90. The van der Waals surface area contributed by atoms with Crippen molar-refractivity contribution in [1.29, 1.82) is 0 Å². The second-order valence-corrected chi connectivity index (χ2v) is 4.61. The molecule has 7 heteroatoms. The van der Waals surface area contributed by atoms with Crippen LogP contribution >= 0.6 is 0 Å².